The number of anilines is 2. The maximum absolute atomic E-state index is 12.5. The number of nitro groups is 1. The summed E-state index contributed by atoms with van der Waals surface area (Å²) in [5, 5.41) is 25.6. The summed E-state index contributed by atoms with van der Waals surface area (Å²) < 4.78 is 6.09. The summed E-state index contributed by atoms with van der Waals surface area (Å²) in [6.45, 7) is 1.68. The molecule has 0 spiro atoms. The number of ether oxygens (including phenoxy) is 1. The van der Waals surface area contributed by atoms with Gasteiger partial charge in [0.05, 0.1) is 9.40 Å². The number of amides is 2. The summed E-state index contributed by atoms with van der Waals surface area (Å²) in [5.41, 5.74) is 1.97. The molecule has 9 nitrogen and oxygen atoms in total. The predicted molar refractivity (Wildman–Crippen MR) is 135 cm³/mol. The number of non-ortho nitro benzene ring substituents is 1. The van der Waals surface area contributed by atoms with Crippen molar-refractivity contribution in [3.05, 3.63) is 98.0 Å². The monoisotopic (exact) mass is 534 g/mol. The number of nitro benzene ring substituents is 1. The van der Waals surface area contributed by atoms with Gasteiger partial charge in [-0.15, -0.1) is 0 Å². The second kappa shape index (κ2) is 11.6. The minimum Gasteiger partial charge on any atom is -0.483 e. The summed E-state index contributed by atoms with van der Waals surface area (Å²) in [6.07, 6.45) is 1.37. The van der Waals surface area contributed by atoms with Gasteiger partial charge in [0.15, 0.2) is 6.61 Å². The Morgan fingerprint density at radius 1 is 1.11 bits per heavy atom. The van der Waals surface area contributed by atoms with Gasteiger partial charge >= 0.3 is 0 Å². The first-order valence-electron chi connectivity index (χ1n) is 10.2. The molecule has 0 unspecified atom stereocenters. The Morgan fingerprint density at radius 3 is 2.57 bits per heavy atom. The van der Waals surface area contributed by atoms with Crippen LogP contribution in [0.2, 0.25) is 0 Å². The molecule has 0 aliphatic heterocycles. The van der Waals surface area contributed by atoms with Crippen molar-refractivity contribution in [3.63, 3.8) is 0 Å². The molecule has 0 aliphatic carbocycles. The molecule has 0 heterocycles. The largest absolute Gasteiger partial charge is 0.483 e. The van der Waals surface area contributed by atoms with Gasteiger partial charge < -0.3 is 15.4 Å². The van der Waals surface area contributed by atoms with E-state index in [0.717, 1.165) is 5.56 Å². The topological polar surface area (TPSA) is 134 Å². The lowest BCUT2D eigenvalue weighted by molar-refractivity contribution is -0.384. The van der Waals surface area contributed by atoms with Gasteiger partial charge in [-0.2, -0.15) is 5.26 Å². The van der Waals surface area contributed by atoms with Crippen LogP contribution in [0.4, 0.5) is 17.1 Å². The van der Waals surface area contributed by atoms with Crippen LogP contribution in [0.1, 0.15) is 11.1 Å². The Hall–Kier alpha value is -4.49. The average molecular weight is 535 g/mol. The molecule has 0 radical (unpaired) electrons. The first kappa shape index (κ1) is 25.1. The van der Waals surface area contributed by atoms with Crippen molar-refractivity contribution in [2.45, 2.75) is 6.92 Å². The van der Waals surface area contributed by atoms with E-state index in [-0.39, 0.29) is 29.5 Å². The van der Waals surface area contributed by atoms with Crippen molar-refractivity contribution in [3.8, 4) is 11.8 Å². The number of aryl methyl sites for hydroxylation is 1. The van der Waals surface area contributed by atoms with E-state index in [4.69, 9.17) is 4.74 Å². The fraction of sp³-hybridized carbons (Fsp3) is 0.0800. The standard InChI is InChI=1S/C25H19BrN4O5/c1-16-5-2-3-8-22(16)29-24(31)15-35-23-10-9-17(12-21(23)26)11-18(14-27)25(32)28-19-6-4-7-20(13-19)30(33)34/h2-13H,15H2,1H3,(H,28,32)(H,29,31)/b18-11-. The summed E-state index contributed by atoms with van der Waals surface area (Å²) >= 11 is 3.37. The number of nitrogens with one attached hydrogen (secondary N) is 2. The van der Waals surface area contributed by atoms with Gasteiger partial charge in [-0.25, -0.2) is 0 Å². The smallest absolute Gasteiger partial charge is 0.271 e. The molecule has 3 aromatic carbocycles. The zero-order valence-electron chi connectivity index (χ0n) is 18.4. The number of para-hydroxylation sites is 1. The zero-order valence-corrected chi connectivity index (χ0v) is 20.0. The summed E-state index contributed by atoms with van der Waals surface area (Å²) in [4.78, 5) is 35.0. The molecule has 35 heavy (non-hydrogen) atoms. The van der Waals surface area contributed by atoms with Gasteiger partial charge in [-0.3, -0.25) is 19.7 Å². The first-order valence-corrected chi connectivity index (χ1v) is 11.0. The Balaban J connectivity index is 1.65. The molecule has 176 valence electrons. The number of carbonyl (C=O) groups is 2. The highest BCUT2D eigenvalue weighted by atomic mass is 79.9. The van der Waals surface area contributed by atoms with E-state index >= 15 is 0 Å². The average Bonchev–Trinajstić information content (AvgIpc) is 2.83. The third-order valence-corrected chi connectivity index (χ3v) is 5.34. The molecule has 3 aromatic rings. The van der Waals surface area contributed by atoms with E-state index in [1.807, 2.05) is 31.2 Å². The number of halogens is 1. The number of carbonyl (C=O) groups excluding carboxylic acids is 2. The van der Waals surface area contributed by atoms with Crippen molar-refractivity contribution in [2.75, 3.05) is 17.2 Å². The van der Waals surface area contributed by atoms with E-state index in [2.05, 4.69) is 26.6 Å². The van der Waals surface area contributed by atoms with E-state index in [1.165, 1.54) is 30.3 Å². The van der Waals surface area contributed by atoms with Gasteiger partial charge in [0.1, 0.15) is 17.4 Å². The lowest BCUT2D eigenvalue weighted by atomic mass is 10.1. The highest BCUT2D eigenvalue weighted by Crippen LogP contribution is 2.27. The summed E-state index contributed by atoms with van der Waals surface area (Å²) in [7, 11) is 0. The minimum atomic E-state index is -0.711. The highest BCUT2D eigenvalue weighted by Gasteiger charge is 2.13. The van der Waals surface area contributed by atoms with Gasteiger partial charge in [0.25, 0.3) is 17.5 Å². The van der Waals surface area contributed by atoms with E-state index in [0.29, 0.717) is 21.5 Å². The van der Waals surface area contributed by atoms with Gasteiger partial charge in [-0.05, 0) is 64.3 Å². The molecule has 3 rings (SSSR count). The molecule has 0 aliphatic rings. The van der Waals surface area contributed by atoms with E-state index < -0.39 is 10.8 Å². The van der Waals surface area contributed by atoms with Crippen molar-refractivity contribution >= 4 is 50.9 Å². The highest BCUT2D eigenvalue weighted by molar-refractivity contribution is 9.10. The number of hydrogen-bond donors (Lipinski definition) is 2. The van der Waals surface area contributed by atoms with Crippen LogP contribution in [0.3, 0.4) is 0 Å². The summed E-state index contributed by atoms with van der Waals surface area (Å²) in [5.74, 6) is -0.626. The molecule has 0 aromatic heterocycles. The van der Waals surface area contributed by atoms with Gasteiger partial charge in [-0.1, -0.05) is 30.3 Å². The molecule has 0 bridgehead atoms. The van der Waals surface area contributed by atoms with Crippen LogP contribution in [0.5, 0.6) is 5.75 Å². The van der Waals surface area contributed by atoms with Crippen LogP contribution < -0.4 is 15.4 Å². The fourth-order valence-electron chi connectivity index (χ4n) is 2.98. The number of hydrogen-bond acceptors (Lipinski definition) is 6. The van der Waals surface area contributed by atoms with Crippen LogP contribution in [0, 0.1) is 28.4 Å². The van der Waals surface area contributed by atoms with Crippen LogP contribution >= 0.6 is 15.9 Å². The van der Waals surface area contributed by atoms with Crippen molar-refractivity contribution < 1.29 is 19.2 Å². The SMILES string of the molecule is Cc1ccccc1NC(=O)COc1ccc(/C=C(/C#N)C(=O)Nc2cccc([N+](=O)[O-])c2)cc1Br. The maximum atomic E-state index is 12.5. The van der Waals surface area contributed by atoms with Gasteiger partial charge in [0.2, 0.25) is 0 Å². The molecule has 0 fully saturated rings. The lowest BCUT2D eigenvalue weighted by Gasteiger charge is -2.11. The molecule has 0 saturated carbocycles. The fourth-order valence-corrected chi connectivity index (χ4v) is 3.49. The number of rotatable bonds is 8. The second-order valence-electron chi connectivity index (χ2n) is 7.27. The third-order valence-electron chi connectivity index (χ3n) is 4.72. The van der Waals surface area contributed by atoms with Crippen LogP contribution in [0.25, 0.3) is 6.08 Å². The van der Waals surface area contributed by atoms with Gasteiger partial charge in [0, 0.05) is 23.5 Å². The maximum Gasteiger partial charge on any atom is 0.271 e. The van der Waals surface area contributed by atoms with Crippen LogP contribution in [-0.2, 0) is 9.59 Å². The molecule has 10 heteroatoms. The van der Waals surface area contributed by atoms with E-state index in [9.17, 15) is 25.0 Å². The summed E-state index contributed by atoms with van der Waals surface area (Å²) in [6, 6.07) is 19.5. The Morgan fingerprint density at radius 2 is 1.89 bits per heavy atom. The Kier molecular flexibility index (Phi) is 8.32. The normalized spacial score (nSPS) is 10.7. The zero-order chi connectivity index (χ0) is 25.4. The molecular formula is C25H19BrN4O5. The first-order chi connectivity index (χ1) is 16.8. The number of benzene rings is 3. The minimum absolute atomic E-state index is 0.183. The van der Waals surface area contributed by atoms with Crippen molar-refractivity contribution in [1.29, 1.82) is 5.26 Å². The van der Waals surface area contributed by atoms with E-state index in [1.54, 1.807) is 24.3 Å². The molecule has 2 N–H and O–H groups in total. The lowest BCUT2D eigenvalue weighted by Crippen LogP contribution is -2.20. The second-order valence-corrected chi connectivity index (χ2v) is 8.13. The van der Waals surface area contributed by atoms with Crippen molar-refractivity contribution in [1.82, 2.24) is 0 Å². The number of nitriles is 1. The molecule has 0 saturated heterocycles. The predicted octanol–water partition coefficient (Wildman–Crippen LogP) is 5.23. The third kappa shape index (κ3) is 6.99. The molecule has 0 atom stereocenters. The Bertz CT molecular complexity index is 1360. The van der Waals surface area contributed by atoms with Crippen LogP contribution in [0.15, 0.2) is 76.8 Å². The van der Waals surface area contributed by atoms with Crippen LogP contribution in [-0.4, -0.2) is 23.3 Å². The quantitative estimate of drug-likeness (QED) is 0.176. The molecular weight excluding hydrogens is 516 g/mol. The Labute approximate surface area is 209 Å². The molecule has 2 amide bonds. The number of nitrogens with zero attached hydrogens (tertiary/aromatic N) is 2. The van der Waals surface area contributed by atoms with Crippen molar-refractivity contribution in [2.24, 2.45) is 0 Å².